The molecule has 2 atom stereocenters. The Morgan fingerprint density at radius 2 is 2.33 bits per heavy atom. The third-order valence-electron chi connectivity index (χ3n) is 3.27. The van der Waals surface area contributed by atoms with Gasteiger partial charge in [0.15, 0.2) is 0 Å². The molecule has 1 saturated carbocycles. The third kappa shape index (κ3) is 3.63. The zero-order valence-corrected chi connectivity index (χ0v) is 11.3. The Morgan fingerprint density at radius 1 is 1.56 bits per heavy atom. The molecule has 1 aliphatic rings. The molecule has 0 aromatic carbocycles. The first-order valence-electron chi connectivity index (χ1n) is 6.25. The Hall–Kier alpha value is -1.24. The fourth-order valence-corrected chi connectivity index (χ4v) is 2.85. The van der Waals surface area contributed by atoms with Gasteiger partial charge in [-0.15, -0.1) is 5.10 Å². The summed E-state index contributed by atoms with van der Waals surface area (Å²) < 4.78 is 0. The molecular formula is C11H19N5OS. The van der Waals surface area contributed by atoms with Crippen LogP contribution in [0, 0.1) is 5.92 Å². The minimum Gasteiger partial charge on any atom is -0.368 e. The van der Waals surface area contributed by atoms with Crippen LogP contribution in [-0.2, 0) is 4.79 Å². The highest BCUT2D eigenvalue weighted by atomic mass is 32.2. The summed E-state index contributed by atoms with van der Waals surface area (Å²) in [7, 11) is 0. The Morgan fingerprint density at radius 3 is 3.00 bits per heavy atom. The van der Waals surface area contributed by atoms with E-state index in [9.17, 15) is 4.79 Å². The zero-order valence-electron chi connectivity index (χ0n) is 10.5. The number of nitrogens with two attached hydrogens (primary N) is 1. The normalized spacial score (nSPS) is 23.8. The molecule has 0 aliphatic heterocycles. The van der Waals surface area contributed by atoms with Gasteiger partial charge < -0.3 is 11.1 Å². The second kappa shape index (κ2) is 6.08. The largest absolute Gasteiger partial charge is 0.368 e. The molecule has 100 valence electrons. The van der Waals surface area contributed by atoms with Crippen LogP contribution in [0.2, 0.25) is 0 Å². The van der Waals surface area contributed by atoms with Crippen LogP contribution in [0.5, 0.6) is 0 Å². The maximum Gasteiger partial charge on any atom is 0.230 e. The monoisotopic (exact) mass is 269 g/mol. The summed E-state index contributed by atoms with van der Waals surface area (Å²) >= 11 is 1.29. The van der Waals surface area contributed by atoms with Gasteiger partial charge >= 0.3 is 0 Å². The molecule has 18 heavy (non-hydrogen) atoms. The molecule has 2 rings (SSSR count). The van der Waals surface area contributed by atoms with Crippen molar-refractivity contribution in [3.8, 4) is 0 Å². The number of hydrogen-bond acceptors (Lipinski definition) is 5. The molecule has 6 nitrogen and oxygen atoms in total. The highest BCUT2D eigenvalue weighted by Crippen LogP contribution is 2.23. The van der Waals surface area contributed by atoms with Gasteiger partial charge in [0, 0.05) is 6.04 Å². The van der Waals surface area contributed by atoms with Crippen LogP contribution in [0.3, 0.4) is 0 Å². The number of hydrogen-bond donors (Lipinski definition) is 3. The fraction of sp³-hybridized carbons (Fsp3) is 0.727. The highest BCUT2D eigenvalue weighted by molar-refractivity contribution is 7.99. The second-order valence-electron chi connectivity index (χ2n) is 4.73. The van der Waals surface area contributed by atoms with Crippen molar-refractivity contribution in [2.24, 2.45) is 5.92 Å². The number of aromatic nitrogens is 3. The van der Waals surface area contributed by atoms with E-state index in [2.05, 4.69) is 27.4 Å². The smallest absolute Gasteiger partial charge is 0.230 e. The fourth-order valence-electron chi connectivity index (χ4n) is 2.23. The van der Waals surface area contributed by atoms with E-state index in [1.165, 1.54) is 31.0 Å². The van der Waals surface area contributed by atoms with Crippen molar-refractivity contribution in [3.05, 3.63) is 0 Å². The Bertz CT molecular complexity index is 408. The number of amides is 1. The highest BCUT2D eigenvalue weighted by Gasteiger charge is 2.22. The van der Waals surface area contributed by atoms with E-state index in [1.807, 2.05) is 0 Å². The van der Waals surface area contributed by atoms with Gasteiger partial charge in [0.2, 0.25) is 17.0 Å². The van der Waals surface area contributed by atoms with Crippen molar-refractivity contribution in [1.82, 2.24) is 20.5 Å². The molecule has 1 aliphatic carbocycles. The SMILES string of the molecule is C[C@@H]1CCCC[C@H]1NC(=O)CSc1n[nH]c(N)n1. The first-order valence-corrected chi connectivity index (χ1v) is 7.24. The van der Waals surface area contributed by atoms with Gasteiger partial charge in [-0.1, -0.05) is 31.5 Å². The minimum absolute atomic E-state index is 0.0436. The molecule has 0 bridgehead atoms. The molecular weight excluding hydrogens is 250 g/mol. The van der Waals surface area contributed by atoms with Gasteiger partial charge in [-0.05, 0) is 18.8 Å². The lowest BCUT2D eigenvalue weighted by Crippen LogP contribution is -2.41. The van der Waals surface area contributed by atoms with Crippen LogP contribution in [0.25, 0.3) is 0 Å². The van der Waals surface area contributed by atoms with Crippen LogP contribution in [0.15, 0.2) is 5.16 Å². The van der Waals surface area contributed by atoms with E-state index in [0.717, 1.165) is 6.42 Å². The van der Waals surface area contributed by atoms with Crippen LogP contribution in [0.4, 0.5) is 5.95 Å². The van der Waals surface area contributed by atoms with E-state index >= 15 is 0 Å². The van der Waals surface area contributed by atoms with Crippen molar-refractivity contribution >= 4 is 23.6 Å². The lowest BCUT2D eigenvalue weighted by atomic mass is 9.86. The van der Waals surface area contributed by atoms with Crippen LogP contribution >= 0.6 is 11.8 Å². The predicted molar refractivity (Wildman–Crippen MR) is 71.1 cm³/mol. The summed E-state index contributed by atoms with van der Waals surface area (Å²) in [6, 6.07) is 0.323. The first kappa shape index (κ1) is 13.2. The number of rotatable bonds is 4. The molecule has 0 unspecified atom stereocenters. The summed E-state index contributed by atoms with van der Waals surface area (Å²) in [6.45, 7) is 2.20. The lowest BCUT2D eigenvalue weighted by molar-refractivity contribution is -0.119. The van der Waals surface area contributed by atoms with E-state index in [4.69, 9.17) is 5.73 Å². The Kier molecular flexibility index (Phi) is 4.46. The van der Waals surface area contributed by atoms with Gasteiger partial charge in [0.1, 0.15) is 0 Å². The summed E-state index contributed by atoms with van der Waals surface area (Å²) in [5.74, 6) is 1.23. The maximum absolute atomic E-state index is 11.8. The number of carbonyl (C=O) groups is 1. The number of thioether (sulfide) groups is 1. The second-order valence-corrected chi connectivity index (χ2v) is 5.67. The average Bonchev–Trinajstić information content (AvgIpc) is 2.76. The van der Waals surface area contributed by atoms with E-state index in [0.29, 0.717) is 22.9 Å². The Balaban J connectivity index is 1.74. The number of nitrogens with one attached hydrogen (secondary N) is 2. The molecule has 0 spiro atoms. The summed E-state index contributed by atoms with van der Waals surface area (Å²) in [5, 5.41) is 10.0. The van der Waals surface area contributed by atoms with Crippen molar-refractivity contribution in [1.29, 1.82) is 0 Å². The van der Waals surface area contributed by atoms with Gasteiger partial charge in [0.05, 0.1) is 5.75 Å². The molecule has 1 aromatic heterocycles. The van der Waals surface area contributed by atoms with Crippen LogP contribution in [-0.4, -0.2) is 32.9 Å². The van der Waals surface area contributed by atoms with Crippen LogP contribution < -0.4 is 11.1 Å². The van der Waals surface area contributed by atoms with E-state index < -0.39 is 0 Å². The van der Waals surface area contributed by atoms with Gasteiger partial charge in [-0.25, -0.2) is 5.10 Å². The number of carbonyl (C=O) groups excluding carboxylic acids is 1. The van der Waals surface area contributed by atoms with Gasteiger partial charge in [-0.3, -0.25) is 4.79 Å². The van der Waals surface area contributed by atoms with Gasteiger partial charge in [-0.2, -0.15) is 4.98 Å². The number of H-pyrrole nitrogens is 1. The zero-order chi connectivity index (χ0) is 13.0. The molecule has 4 N–H and O–H groups in total. The molecule has 1 aromatic rings. The van der Waals surface area contributed by atoms with E-state index in [1.54, 1.807) is 0 Å². The summed E-state index contributed by atoms with van der Waals surface area (Å²) in [4.78, 5) is 15.7. The number of aromatic amines is 1. The molecule has 7 heteroatoms. The third-order valence-corrected chi connectivity index (χ3v) is 4.12. The Labute approximate surface area is 111 Å². The molecule has 1 amide bonds. The quantitative estimate of drug-likeness (QED) is 0.713. The van der Waals surface area contributed by atoms with Gasteiger partial charge in [0.25, 0.3) is 0 Å². The number of anilines is 1. The maximum atomic E-state index is 11.8. The van der Waals surface area contributed by atoms with Crippen molar-refractivity contribution in [3.63, 3.8) is 0 Å². The van der Waals surface area contributed by atoms with Crippen LogP contribution in [0.1, 0.15) is 32.6 Å². The molecule has 1 fully saturated rings. The van der Waals surface area contributed by atoms with Crippen molar-refractivity contribution in [2.75, 3.05) is 11.5 Å². The first-order chi connectivity index (χ1) is 8.65. The minimum atomic E-state index is 0.0436. The predicted octanol–water partition coefficient (Wildman–Crippen LogP) is 1.17. The topological polar surface area (TPSA) is 96.7 Å². The standard InChI is InChI=1S/C11H19N5OS/c1-7-4-2-3-5-8(7)13-9(17)6-18-11-14-10(12)15-16-11/h7-8H,2-6H2,1H3,(H,13,17)(H3,12,14,15,16)/t7-,8-/m1/s1. The summed E-state index contributed by atoms with van der Waals surface area (Å²) in [5.41, 5.74) is 5.41. The summed E-state index contributed by atoms with van der Waals surface area (Å²) in [6.07, 6.45) is 4.78. The number of nitrogens with zero attached hydrogens (tertiary/aromatic N) is 2. The lowest BCUT2D eigenvalue weighted by Gasteiger charge is -2.29. The molecule has 1 heterocycles. The molecule has 0 saturated heterocycles. The molecule has 0 radical (unpaired) electrons. The average molecular weight is 269 g/mol. The van der Waals surface area contributed by atoms with Crippen molar-refractivity contribution < 1.29 is 4.79 Å². The number of nitrogen functional groups attached to an aromatic ring is 1. The van der Waals surface area contributed by atoms with Crippen molar-refractivity contribution in [2.45, 2.75) is 43.8 Å². The van der Waals surface area contributed by atoms with E-state index in [-0.39, 0.29) is 11.9 Å².